The van der Waals surface area contributed by atoms with E-state index in [1.165, 1.54) is 34.9 Å². The van der Waals surface area contributed by atoms with Crippen molar-refractivity contribution in [2.45, 2.75) is 73.3 Å². The van der Waals surface area contributed by atoms with Crippen LogP contribution in [0.5, 0.6) is 5.75 Å². The summed E-state index contributed by atoms with van der Waals surface area (Å²) < 4.78 is 6.33. The molecule has 22 heavy (non-hydrogen) atoms. The number of hydrogen-bond acceptors (Lipinski definition) is 3. The van der Waals surface area contributed by atoms with Gasteiger partial charge in [0, 0.05) is 0 Å². The van der Waals surface area contributed by atoms with Crippen LogP contribution in [0.4, 0.5) is 0 Å². The average Bonchev–Trinajstić information content (AvgIpc) is 2.54. The first-order valence-corrected chi connectivity index (χ1v) is 8.45. The predicted molar refractivity (Wildman–Crippen MR) is 97.9 cm³/mol. The van der Waals surface area contributed by atoms with E-state index < -0.39 is 0 Å². The summed E-state index contributed by atoms with van der Waals surface area (Å²) in [6.45, 7) is 15.7. The monoisotopic (exact) mass is 308 g/mol. The lowest BCUT2D eigenvalue weighted by molar-refractivity contribution is 0.0575. The van der Waals surface area contributed by atoms with Crippen molar-refractivity contribution in [2.75, 3.05) is 13.6 Å². The summed E-state index contributed by atoms with van der Waals surface area (Å²) in [5, 5.41) is 0. The molecule has 0 aliphatic carbocycles. The van der Waals surface area contributed by atoms with Crippen LogP contribution in [0.25, 0.3) is 0 Å². The minimum Gasteiger partial charge on any atom is -0.487 e. The fraction of sp³-hybridized carbons (Fsp3) is 0.684. The van der Waals surface area contributed by atoms with Gasteiger partial charge in [0.2, 0.25) is 0 Å². The minimum absolute atomic E-state index is 0.0827. The molecule has 0 spiro atoms. The van der Waals surface area contributed by atoms with Crippen molar-refractivity contribution in [3.8, 4) is 5.75 Å². The molecule has 1 aliphatic heterocycles. The molecule has 1 aromatic carbocycles. The summed E-state index contributed by atoms with van der Waals surface area (Å²) in [4.78, 5) is 0. The number of hydrogen-bond donors (Lipinski definition) is 2. The highest BCUT2D eigenvalue weighted by Gasteiger charge is 2.33. The van der Waals surface area contributed by atoms with Crippen LogP contribution in [0.15, 0.2) is 0 Å². The molecule has 2 rings (SSSR count). The SMILES string of the molecule is CC.CN.Cc1c(C)c(C)c2c(c1C)CCC(C)(CCN)O2. The van der Waals surface area contributed by atoms with Gasteiger partial charge in [-0.05, 0) is 95.3 Å². The van der Waals surface area contributed by atoms with Gasteiger partial charge in [-0.2, -0.15) is 0 Å². The van der Waals surface area contributed by atoms with E-state index in [-0.39, 0.29) is 5.60 Å². The first kappa shape index (κ1) is 20.9. The molecule has 1 aliphatic rings. The lowest BCUT2D eigenvalue weighted by Crippen LogP contribution is -2.39. The average molecular weight is 309 g/mol. The highest BCUT2D eigenvalue weighted by Crippen LogP contribution is 2.41. The summed E-state index contributed by atoms with van der Waals surface area (Å²) in [7, 11) is 1.50. The molecule has 1 heterocycles. The summed E-state index contributed by atoms with van der Waals surface area (Å²) >= 11 is 0. The topological polar surface area (TPSA) is 61.3 Å². The van der Waals surface area contributed by atoms with Crippen LogP contribution in [0, 0.1) is 27.7 Å². The summed E-state index contributed by atoms with van der Waals surface area (Å²) in [5.41, 5.74) is 17.0. The molecule has 0 bridgehead atoms. The van der Waals surface area contributed by atoms with Crippen LogP contribution in [0.2, 0.25) is 0 Å². The van der Waals surface area contributed by atoms with Gasteiger partial charge >= 0.3 is 0 Å². The second-order valence-corrected chi connectivity index (χ2v) is 5.90. The third kappa shape index (κ3) is 4.23. The van der Waals surface area contributed by atoms with Gasteiger partial charge < -0.3 is 16.2 Å². The fourth-order valence-electron chi connectivity index (χ4n) is 2.96. The Labute approximate surface area is 137 Å². The number of rotatable bonds is 2. The van der Waals surface area contributed by atoms with Crippen LogP contribution in [0.1, 0.15) is 61.4 Å². The largest absolute Gasteiger partial charge is 0.487 e. The van der Waals surface area contributed by atoms with Crippen molar-refractivity contribution < 1.29 is 4.74 Å². The van der Waals surface area contributed by atoms with Gasteiger partial charge in [0.25, 0.3) is 0 Å². The molecule has 0 amide bonds. The normalized spacial score (nSPS) is 19.0. The summed E-state index contributed by atoms with van der Waals surface area (Å²) in [6, 6.07) is 0. The number of nitrogens with two attached hydrogens (primary N) is 2. The molecule has 0 aromatic heterocycles. The van der Waals surface area contributed by atoms with Gasteiger partial charge in [-0.3, -0.25) is 0 Å². The smallest absolute Gasteiger partial charge is 0.126 e. The molecule has 0 radical (unpaired) electrons. The molecular formula is C19H36N2O. The zero-order chi connectivity index (χ0) is 17.5. The highest BCUT2D eigenvalue weighted by atomic mass is 16.5. The first-order valence-electron chi connectivity index (χ1n) is 8.45. The molecule has 3 heteroatoms. The van der Waals surface area contributed by atoms with Gasteiger partial charge in [0.1, 0.15) is 11.4 Å². The minimum atomic E-state index is -0.0827. The van der Waals surface area contributed by atoms with Crippen LogP contribution in [-0.2, 0) is 6.42 Å². The predicted octanol–water partition coefficient (Wildman–Crippen LogP) is 3.95. The molecular weight excluding hydrogens is 272 g/mol. The number of fused-ring (bicyclic) bond motifs is 1. The third-order valence-electron chi connectivity index (χ3n) is 4.68. The highest BCUT2D eigenvalue weighted by molar-refractivity contribution is 5.55. The second kappa shape index (κ2) is 9.16. The van der Waals surface area contributed by atoms with Crippen LogP contribution in [-0.4, -0.2) is 19.2 Å². The van der Waals surface area contributed by atoms with E-state index >= 15 is 0 Å². The Hall–Kier alpha value is -1.06. The second-order valence-electron chi connectivity index (χ2n) is 5.90. The van der Waals surface area contributed by atoms with Gasteiger partial charge in [-0.1, -0.05) is 13.8 Å². The van der Waals surface area contributed by atoms with E-state index in [0.29, 0.717) is 6.54 Å². The standard InChI is InChI=1S/C16H25NO.C2H6.CH5N/c1-10-11(2)13(4)15-14(12(10)3)6-7-16(5,18-15)8-9-17;2*1-2/h6-9,17H2,1-5H3;1-2H3;2H2,1H3. The van der Waals surface area contributed by atoms with Crippen molar-refractivity contribution in [1.82, 2.24) is 0 Å². The Bertz CT molecular complexity index is 483. The molecule has 1 atom stereocenters. The molecule has 0 saturated heterocycles. The van der Waals surface area contributed by atoms with E-state index in [0.717, 1.165) is 25.0 Å². The Morgan fingerprint density at radius 2 is 1.45 bits per heavy atom. The Morgan fingerprint density at radius 1 is 0.955 bits per heavy atom. The lowest BCUT2D eigenvalue weighted by atomic mass is 9.84. The quantitative estimate of drug-likeness (QED) is 0.869. The van der Waals surface area contributed by atoms with E-state index in [1.54, 1.807) is 0 Å². The van der Waals surface area contributed by atoms with Crippen LogP contribution < -0.4 is 16.2 Å². The summed E-state index contributed by atoms with van der Waals surface area (Å²) in [5.74, 6) is 1.12. The lowest BCUT2D eigenvalue weighted by Gasteiger charge is -2.38. The van der Waals surface area contributed by atoms with Crippen LogP contribution >= 0.6 is 0 Å². The number of benzene rings is 1. The fourth-order valence-corrected chi connectivity index (χ4v) is 2.96. The van der Waals surface area contributed by atoms with Crippen molar-refractivity contribution in [3.63, 3.8) is 0 Å². The molecule has 128 valence electrons. The van der Waals surface area contributed by atoms with Gasteiger partial charge in [0.15, 0.2) is 0 Å². The molecule has 1 aromatic rings. The molecule has 0 saturated carbocycles. The van der Waals surface area contributed by atoms with Gasteiger partial charge in [-0.15, -0.1) is 0 Å². The van der Waals surface area contributed by atoms with Crippen molar-refractivity contribution in [3.05, 3.63) is 27.8 Å². The van der Waals surface area contributed by atoms with E-state index in [9.17, 15) is 0 Å². The maximum Gasteiger partial charge on any atom is 0.126 e. The molecule has 0 fully saturated rings. The third-order valence-corrected chi connectivity index (χ3v) is 4.68. The Balaban J connectivity index is 0.00000102. The molecule has 1 unspecified atom stereocenters. The van der Waals surface area contributed by atoms with E-state index in [1.807, 2.05) is 13.8 Å². The van der Waals surface area contributed by atoms with E-state index in [2.05, 4.69) is 40.4 Å². The maximum absolute atomic E-state index is 6.33. The Morgan fingerprint density at radius 3 is 1.95 bits per heavy atom. The molecule has 3 nitrogen and oxygen atoms in total. The molecule has 4 N–H and O–H groups in total. The number of ether oxygens (including phenoxy) is 1. The summed E-state index contributed by atoms with van der Waals surface area (Å²) in [6.07, 6.45) is 3.11. The van der Waals surface area contributed by atoms with Crippen molar-refractivity contribution in [1.29, 1.82) is 0 Å². The Kier molecular flexibility index (Phi) is 8.72. The van der Waals surface area contributed by atoms with Crippen LogP contribution in [0.3, 0.4) is 0 Å². The van der Waals surface area contributed by atoms with E-state index in [4.69, 9.17) is 10.5 Å². The van der Waals surface area contributed by atoms with Gasteiger partial charge in [-0.25, -0.2) is 0 Å². The maximum atomic E-state index is 6.33. The zero-order valence-corrected chi connectivity index (χ0v) is 15.9. The van der Waals surface area contributed by atoms with Crippen molar-refractivity contribution >= 4 is 0 Å². The first-order chi connectivity index (χ1) is 10.4. The van der Waals surface area contributed by atoms with Gasteiger partial charge in [0.05, 0.1) is 0 Å². The van der Waals surface area contributed by atoms with Crippen molar-refractivity contribution in [2.24, 2.45) is 11.5 Å². The zero-order valence-electron chi connectivity index (χ0n) is 15.9.